The summed E-state index contributed by atoms with van der Waals surface area (Å²) in [6, 6.07) is 6.24. The van der Waals surface area contributed by atoms with Gasteiger partial charge in [0.15, 0.2) is 0 Å². The minimum absolute atomic E-state index is 0.0414. The van der Waals surface area contributed by atoms with Gasteiger partial charge in [0.05, 0.1) is 5.39 Å². The number of amides is 2. The maximum absolute atomic E-state index is 14.0. The quantitative estimate of drug-likeness (QED) is 0.774. The number of aryl methyl sites for hydroxylation is 1. The molecule has 0 radical (unpaired) electrons. The number of piperazine rings is 1. The van der Waals surface area contributed by atoms with Crippen molar-refractivity contribution in [3.05, 3.63) is 46.6 Å². The number of fused-ring (bicyclic) bond motifs is 1. The molecule has 2 amide bonds. The third kappa shape index (κ3) is 4.25. The molecule has 4 rings (SSSR count). The predicted molar refractivity (Wildman–Crippen MR) is 113 cm³/mol. The Kier molecular flexibility index (Phi) is 6.16. The zero-order valence-electron chi connectivity index (χ0n) is 17.2. The van der Waals surface area contributed by atoms with Crippen LogP contribution in [-0.2, 0) is 16.1 Å². The monoisotopic (exact) mass is 413 g/mol. The zero-order valence-corrected chi connectivity index (χ0v) is 17.2. The van der Waals surface area contributed by atoms with Crippen molar-refractivity contribution in [3.63, 3.8) is 0 Å². The van der Waals surface area contributed by atoms with E-state index in [1.54, 1.807) is 29.3 Å². The molecule has 2 aromatic rings. The van der Waals surface area contributed by atoms with E-state index in [1.165, 1.54) is 17.1 Å². The van der Waals surface area contributed by atoms with Crippen molar-refractivity contribution in [1.82, 2.24) is 14.4 Å². The van der Waals surface area contributed by atoms with E-state index in [-0.39, 0.29) is 36.1 Å². The van der Waals surface area contributed by atoms with E-state index in [2.05, 4.69) is 0 Å². The molecule has 0 bridgehead atoms. The summed E-state index contributed by atoms with van der Waals surface area (Å²) in [5.74, 6) is -0.190. The fourth-order valence-electron chi connectivity index (χ4n) is 4.62. The van der Waals surface area contributed by atoms with Crippen molar-refractivity contribution in [2.45, 2.75) is 45.1 Å². The molecule has 0 atom stereocenters. The Bertz CT molecular complexity index is 989. The molecule has 2 aliphatic rings. The van der Waals surface area contributed by atoms with Gasteiger partial charge in [0, 0.05) is 51.3 Å². The number of hydrogen-bond acceptors (Lipinski definition) is 3. The minimum atomic E-state index is -0.545. The van der Waals surface area contributed by atoms with Crippen molar-refractivity contribution in [2.75, 3.05) is 26.2 Å². The van der Waals surface area contributed by atoms with E-state index in [4.69, 9.17) is 0 Å². The smallest absolute Gasteiger partial charge is 0.261 e. The Morgan fingerprint density at radius 3 is 2.40 bits per heavy atom. The average Bonchev–Trinajstić information content (AvgIpc) is 2.78. The zero-order chi connectivity index (χ0) is 21.1. The first-order valence-corrected chi connectivity index (χ1v) is 10.9. The third-order valence-electron chi connectivity index (χ3n) is 6.42. The van der Waals surface area contributed by atoms with Crippen molar-refractivity contribution in [3.8, 4) is 0 Å². The van der Waals surface area contributed by atoms with E-state index >= 15 is 0 Å². The van der Waals surface area contributed by atoms with Crippen molar-refractivity contribution in [2.24, 2.45) is 5.92 Å². The van der Waals surface area contributed by atoms with Gasteiger partial charge in [-0.2, -0.15) is 0 Å². The Morgan fingerprint density at radius 2 is 1.67 bits per heavy atom. The molecule has 2 fully saturated rings. The molecule has 1 saturated carbocycles. The number of benzene rings is 1. The highest BCUT2D eigenvalue weighted by Gasteiger charge is 2.29. The van der Waals surface area contributed by atoms with Gasteiger partial charge in [-0.3, -0.25) is 14.4 Å². The van der Waals surface area contributed by atoms with Gasteiger partial charge in [-0.15, -0.1) is 0 Å². The first-order valence-electron chi connectivity index (χ1n) is 10.9. The highest BCUT2D eigenvalue weighted by molar-refractivity contribution is 5.82. The van der Waals surface area contributed by atoms with Gasteiger partial charge < -0.3 is 14.4 Å². The molecule has 6 nitrogen and oxygen atoms in total. The van der Waals surface area contributed by atoms with Crippen molar-refractivity contribution >= 4 is 22.6 Å². The Labute approximate surface area is 175 Å². The molecule has 30 heavy (non-hydrogen) atoms. The van der Waals surface area contributed by atoms with Crippen LogP contribution in [0, 0.1) is 11.7 Å². The van der Waals surface area contributed by atoms with Crippen LogP contribution >= 0.6 is 0 Å². The Balaban J connectivity index is 1.32. The van der Waals surface area contributed by atoms with Crippen molar-refractivity contribution < 1.29 is 14.0 Å². The number of aromatic nitrogens is 1. The lowest BCUT2D eigenvalue weighted by atomic mass is 9.88. The lowest BCUT2D eigenvalue weighted by Crippen LogP contribution is -2.52. The Hall–Kier alpha value is -2.70. The molecule has 1 aromatic heterocycles. The van der Waals surface area contributed by atoms with Crippen molar-refractivity contribution in [1.29, 1.82) is 0 Å². The van der Waals surface area contributed by atoms with Gasteiger partial charge in [-0.1, -0.05) is 31.4 Å². The maximum Gasteiger partial charge on any atom is 0.261 e. The standard InChI is InChI=1S/C23H28FN3O3/c24-19-8-4-7-17-9-11-26(23(30)21(17)19)12-10-20(28)25-13-15-27(16-14-25)22(29)18-5-2-1-3-6-18/h4,7-9,11,18H,1-3,5-6,10,12-16H2. The summed E-state index contributed by atoms with van der Waals surface area (Å²) in [6.45, 7) is 2.41. The number of rotatable bonds is 4. The summed E-state index contributed by atoms with van der Waals surface area (Å²) < 4.78 is 15.4. The van der Waals surface area contributed by atoms with E-state index < -0.39 is 11.4 Å². The lowest BCUT2D eigenvalue weighted by Gasteiger charge is -2.37. The second-order valence-electron chi connectivity index (χ2n) is 8.31. The van der Waals surface area contributed by atoms with E-state index in [0.717, 1.165) is 25.7 Å². The molecule has 0 unspecified atom stereocenters. The van der Waals surface area contributed by atoms with Crippen LogP contribution in [0.4, 0.5) is 4.39 Å². The van der Waals surface area contributed by atoms with Gasteiger partial charge in [-0.25, -0.2) is 4.39 Å². The normalized spacial score (nSPS) is 18.0. The highest BCUT2D eigenvalue weighted by Crippen LogP contribution is 2.26. The van der Waals surface area contributed by atoms with Crippen LogP contribution in [0.25, 0.3) is 10.8 Å². The summed E-state index contributed by atoms with van der Waals surface area (Å²) in [5, 5.41) is 0.614. The number of halogens is 1. The predicted octanol–water partition coefficient (Wildman–Crippen LogP) is 2.78. The fourth-order valence-corrected chi connectivity index (χ4v) is 4.62. The number of hydrogen-bond donors (Lipinski definition) is 0. The van der Waals surface area contributed by atoms with Gasteiger partial charge in [-0.05, 0) is 30.4 Å². The van der Waals surface area contributed by atoms with Crippen LogP contribution in [0.3, 0.4) is 0 Å². The molecule has 2 heterocycles. The highest BCUT2D eigenvalue weighted by atomic mass is 19.1. The van der Waals surface area contributed by atoms with E-state index in [1.807, 2.05) is 4.90 Å². The molecule has 160 valence electrons. The van der Waals surface area contributed by atoms with Gasteiger partial charge in [0.25, 0.3) is 5.56 Å². The largest absolute Gasteiger partial charge is 0.339 e. The topological polar surface area (TPSA) is 62.6 Å². The average molecular weight is 413 g/mol. The van der Waals surface area contributed by atoms with Crippen LogP contribution in [0.5, 0.6) is 0 Å². The summed E-state index contributed by atoms with van der Waals surface area (Å²) in [4.78, 5) is 41.5. The molecule has 1 saturated heterocycles. The molecule has 0 spiro atoms. The molecular formula is C23H28FN3O3. The maximum atomic E-state index is 14.0. The minimum Gasteiger partial charge on any atom is -0.339 e. The second-order valence-corrected chi connectivity index (χ2v) is 8.31. The van der Waals surface area contributed by atoms with Crippen LogP contribution in [0.2, 0.25) is 0 Å². The number of nitrogens with zero attached hydrogens (tertiary/aromatic N) is 3. The summed E-state index contributed by atoms with van der Waals surface area (Å²) in [7, 11) is 0. The van der Waals surface area contributed by atoms with Gasteiger partial charge in [0.1, 0.15) is 5.82 Å². The third-order valence-corrected chi connectivity index (χ3v) is 6.42. The summed E-state index contributed by atoms with van der Waals surface area (Å²) in [5.41, 5.74) is -0.415. The number of pyridine rings is 1. The number of carbonyl (C=O) groups excluding carboxylic acids is 2. The number of carbonyl (C=O) groups is 2. The van der Waals surface area contributed by atoms with Gasteiger partial charge in [0.2, 0.25) is 11.8 Å². The van der Waals surface area contributed by atoms with Crippen LogP contribution in [-0.4, -0.2) is 52.4 Å². The van der Waals surface area contributed by atoms with Crippen LogP contribution < -0.4 is 5.56 Å². The Morgan fingerprint density at radius 1 is 0.967 bits per heavy atom. The summed E-state index contributed by atoms with van der Waals surface area (Å²) in [6.07, 6.45) is 7.24. The molecule has 0 N–H and O–H groups in total. The second kappa shape index (κ2) is 8.98. The molecular weight excluding hydrogens is 385 g/mol. The van der Waals surface area contributed by atoms with E-state index in [0.29, 0.717) is 31.6 Å². The summed E-state index contributed by atoms with van der Waals surface area (Å²) >= 11 is 0. The van der Waals surface area contributed by atoms with Crippen LogP contribution in [0.1, 0.15) is 38.5 Å². The molecule has 1 aliphatic heterocycles. The molecule has 7 heteroatoms. The lowest BCUT2D eigenvalue weighted by molar-refractivity contribution is -0.142. The fraction of sp³-hybridized carbons (Fsp3) is 0.522. The molecule has 1 aromatic carbocycles. The first-order chi connectivity index (χ1) is 14.5. The molecule has 1 aliphatic carbocycles. The SMILES string of the molecule is O=C(CCn1ccc2cccc(F)c2c1=O)N1CCN(C(=O)C2CCCCC2)CC1. The van der Waals surface area contributed by atoms with E-state index in [9.17, 15) is 18.8 Å². The van der Waals surface area contributed by atoms with Gasteiger partial charge >= 0.3 is 0 Å². The van der Waals surface area contributed by atoms with Crippen LogP contribution in [0.15, 0.2) is 35.3 Å². The first kappa shape index (κ1) is 20.6.